The van der Waals surface area contributed by atoms with Gasteiger partial charge in [0, 0.05) is 37.8 Å². The van der Waals surface area contributed by atoms with E-state index in [1.165, 1.54) is 35.7 Å². The monoisotopic (exact) mass is 491 g/mol. The Morgan fingerprint density at radius 3 is 2.44 bits per heavy atom. The zero-order valence-corrected chi connectivity index (χ0v) is 21.1. The van der Waals surface area contributed by atoms with Crippen LogP contribution in [0.1, 0.15) is 42.1 Å². The van der Waals surface area contributed by atoms with E-state index >= 15 is 0 Å². The first-order chi connectivity index (χ1) is 16.1. The van der Waals surface area contributed by atoms with Gasteiger partial charge in [0.05, 0.1) is 7.11 Å². The Labute approximate surface area is 202 Å². The largest absolute Gasteiger partial charge is 0.495 e. The number of rotatable bonds is 9. The number of carbonyl (C=O) groups is 1. The lowest BCUT2D eigenvalue weighted by molar-refractivity contribution is 0.0731. The number of sulfonamides is 1. The van der Waals surface area contributed by atoms with Gasteiger partial charge in [0.1, 0.15) is 16.5 Å². The fraction of sp³-hybridized carbons (Fsp3) is 0.480. The molecular weight excluding hydrogens is 457 g/mol. The molecule has 2 aromatic carbocycles. The van der Waals surface area contributed by atoms with Gasteiger partial charge in [-0.05, 0) is 69.8 Å². The fourth-order valence-corrected chi connectivity index (χ4v) is 6.02. The molecule has 3 rings (SSSR count). The molecule has 0 radical (unpaired) electrons. The molecule has 0 bridgehead atoms. The number of hydrogen-bond donors (Lipinski definition) is 0. The number of halogens is 1. The molecular formula is C25H34FN3O4S. The van der Waals surface area contributed by atoms with Crippen LogP contribution in [0.5, 0.6) is 5.75 Å². The second kappa shape index (κ2) is 11.3. The third kappa shape index (κ3) is 6.14. The number of ether oxygens (including phenoxy) is 1. The lowest BCUT2D eigenvalue weighted by Crippen LogP contribution is -2.42. The Kier molecular flexibility index (Phi) is 8.67. The number of nitrogens with zero attached hydrogens (tertiary/aromatic N) is 3. The van der Waals surface area contributed by atoms with Gasteiger partial charge in [-0.15, -0.1) is 0 Å². The van der Waals surface area contributed by atoms with Crippen LogP contribution in [0.25, 0.3) is 0 Å². The van der Waals surface area contributed by atoms with Crippen molar-refractivity contribution in [2.75, 3.05) is 40.8 Å². The van der Waals surface area contributed by atoms with Crippen LogP contribution in [0.2, 0.25) is 0 Å². The zero-order valence-electron chi connectivity index (χ0n) is 20.3. The van der Waals surface area contributed by atoms with Crippen molar-refractivity contribution in [2.24, 2.45) is 0 Å². The summed E-state index contributed by atoms with van der Waals surface area (Å²) < 4.78 is 47.3. The summed E-state index contributed by atoms with van der Waals surface area (Å²) in [5.41, 5.74) is 1.06. The van der Waals surface area contributed by atoms with Gasteiger partial charge in [-0.3, -0.25) is 4.79 Å². The van der Waals surface area contributed by atoms with Gasteiger partial charge in [-0.25, -0.2) is 12.8 Å². The third-order valence-corrected chi connectivity index (χ3v) is 8.17. The molecule has 7 nitrogen and oxygen atoms in total. The first-order valence-electron chi connectivity index (χ1n) is 11.5. The average molecular weight is 492 g/mol. The molecule has 1 amide bonds. The molecule has 9 heteroatoms. The third-order valence-electron chi connectivity index (χ3n) is 6.13. The Hall–Kier alpha value is -2.49. The van der Waals surface area contributed by atoms with E-state index in [1.54, 1.807) is 23.1 Å². The molecule has 186 valence electrons. The summed E-state index contributed by atoms with van der Waals surface area (Å²) in [5.74, 6) is -0.420. The second-order valence-corrected chi connectivity index (χ2v) is 10.8. The number of piperidine rings is 1. The maximum absolute atomic E-state index is 13.5. The summed E-state index contributed by atoms with van der Waals surface area (Å²) >= 11 is 0. The molecule has 0 aliphatic carbocycles. The van der Waals surface area contributed by atoms with Crippen molar-refractivity contribution in [3.8, 4) is 5.75 Å². The van der Waals surface area contributed by atoms with E-state index in [-0.39, 0.29) is 40.5 Å². The first-order valence-corrected chi connectivity index (χ1v) is 13.0. The van der Waals surface area contributed by atoms with Gasteiger partial charge in [-0.2, -0.15) is 4.31 Å². The number of hydrogen-bond acceptors (Lipinski definition) is 5. The molecule has 1 heterocycles. The average Bonchev–Trinajstić information content (AvgIpc) is 2.82. The number of likely N-dealkylation sites (N-methyl/N-ethyl adjacent to an activating group) is 1. The van der Waals surface area contributed by atoms with E-state index in [9.17, 15) is 17.6 Å². The highest BCUT2D eigenvalue weighted by atomic mass is 32.2. The summed E-state index contributed by atoms with van der Waals surface area (Å²) in [5, 5.41) is 0. The molecule has 1 saturated heterocycles. The number of carbonyl (C=O) groups excluding carboxylic acids is 1. The van der Waals surface area contributed by atoms with E-state index in [4.69, 9.17) is 4.74 Å². The maximum atomic E-state index is 13.5. The lowest BCUT2D eigenvalue weighted by atomic mass is 10.1. The lowest BCUT2D eigenvalue weighted by Gasteiger charge is -2.32. The van der Waals surface area contributed by atoms with E-state index < -0.39 is 10.0 Å². The van der Waals surface area contributed by atoms with Crippen LogP contribution in [-0.2, 0) is 16.6 Å². The SMILES string of the molecule is COc1ccc(C(=O)N(CCN(C)C)Cc2ccc(F)cc2)cc1S(=O)(=O)N1CCCCC1C. The molecule has 0 spiro atoms. The molecule has 0 aromatic heterocycles. The van der Waals surface area contributed by atoms with Gasteiger partial charge < -0.3 is 14.5 Å². The van der Waals surface area contributed by atoms with Crippen LogP contribution < -0.4 is 4.74 Å². The van der Waals surface area contributed by atoms with Crippen molar-refractivity contribution in [3.05, 3.63) is 59.4 Å². The molecule has 1 unspecified atom stereocenters. The Morgan fingerprint density at radius 2 is 1.82 bits per heavy atom. The van der Waals surface area contributed by atoms with Crippen molar-refractivity contribution >= 4 is 15.9 Å². The zero-order chi connectivity index (χ0) is 24.9. The van der Waals surface area contributed by atoms with Crippen molar-refractivity contribution in [1.29, 1.82) is 0 Å². The minimum absolute atomic E-state index is 0.00365. The van der Waals surface area contributed by atoms with E-state index in [1.807, 2.05) is 25.9 Å². The topological polar surface area (TPSA) is 70.2 Å². The Bertz CT molecular complexity index is 1090. The Balaban J connectivity index is 1.95. The summed E-state index contributed by atoms with van der Waals surface area (Å²) in [7, 11) is 1.42. The molecule has 1 aliphatic rings. The molecule has 2 aromatic rings. The maximum Gasteiger partial charge on any atom is 0.254 e. The standard InChI is InChI=1S/C25H34FN3O4S/c1-19-7-5-6-14-29(19)34(31,32)24-17-21(10-13-23(24)33-4)25(30)28(16-15-27(2)3)18-20-8-11-22(26)12-9-20/h8-13,17,19H,5-7,14-16,18H2,1-4H3. The second-order valence-electron chi connectivity index (χ2n) is 8.98. The molecule has 34 heavy (non-hydrogen) atoms. The number of methoxy groups -OCH3 is 1. The minimum Gasteiger partial charge on any atom is -0.495 e. The molecule has 1 atom stereocenters. The summed E-state index contributed by atoms with van der Waals surface area (Å²) in [4.78, 5) is 17.1. The van der Waals surface area contributed by atoms with Gasteiger partial charge in [0.2, 0.25) is 10.0 Å². The van der Waals surface area contributed by atoms with Gasteiger partial charge in [0.25, 0.3) is 5.91 Å². The predicted octanol–water partition coefficient (Wildman–Crippen LogP) is 3.60. The summed E-state index contributed by atoms with van der Waals surface area (Å²) in [6.45, 7) is 3.69. The van der Waals surface area contributed by atoms with Crippen molar-refractivity contribution in [1.82, 2.24) is 14.1 Å². The quantitative estimate of drug-likeness (QED) is 0.536. The summed E-state index contributed by atoms with van der Waals surface area (Å²) in [6.07, 6.45) is 2.60. The molecule has 0 N–H and O–H groups in total. The smallest absolute Gasteiger partial charge is 0.254 e. The van der Waals surface area contributed by atoms with E-state index in [0.29, 0.717) is 19.6 Å². The van der Waals surface area contributed by atoms with Gasteiger partial charge in [-0.1, -0.05) is 18.6 Å². The highest BCUT2D eigenvalue weighted by molar-refractivity contribution is 7.89. The van der Waals surface area contributed by atoms with Crippen LogP contribution in [-0.4, -0.2) is 75.3 Å². The highest BCUT2D eigenvalue weighted by Crippen LogP contribution is 2.32. The van der Waals surface area contributed by atoms with Crippen LogP contribution in [0.15, 0.2) is 47.4 Å². The number of benzene rings is 2. The van der Waals surface area contributed by atoms with Crippen molar-refractivity contribution in [2.45, 2.75) is 43.7 Å². The van der Waals surface area contributed by atoms with Gasteiger partial charge >= 0.3 is 0 Å². The molecule has 0 saturated carbocycles. The van der Waals surface area contributed by atoms with Crippen molar-refractivity contribution in [3.63, 3.8) is 0 Å². The van der Waals surface area contributed by atoms with Crippen LogP contribution in [0.3, 0.4) is 0 Å². The van der Waals surface area contributed by atoms with E-state index in [2.05, 4.69) is 0 Å². The van der Waals surface area contributed by atoms with Crippen LogP contribution >= 0.6 is 0 Å². The predicted molar refractivity (Wildman–Crippen MR) is 130 cm³/mol. The highest BCUT2D eigenvalue weighted by Gasteiger charge is 2.34. The molecule has 1 fully saturated rings. The van der Waals surface area contributed by atoms with Crippen LogP contribution in [0.4, 0.5) is 4.39 Å². The van der Waals surface area contributed by atoms with Crippen LogP contribution in [0, 0.1) is 5.82 Å². The van der Waals surface area contributed by atoms with Crippen molar-refractivity contribution < 1.29 is 22.3 Å². The fourth-order valence-electron chi connectivity index (χ4n) is 4.13. The van der Waals surface area contributed by atoms with Gasteiger partial charge in [0.15, 0.2) is 0 Å². The normalized spacial score (nSPS) is 17.1. The Morgan fingerprint density at radius 1 is 1.12 bits per heavy atom. The molecule has 1 aliphatic heterocycles. The first kappa shape index (κ1) is 26.1. The minimum atomic E-state index is -3.84. The number of amides is 1. The summed E-state index contributed by atoms with van der Waals surface area (Å²) in [6, 6.07) is 10.5. The van der Waals surface area contributed by atoms with E-state index in [0.717, 1.165) is 24.8 Å².